The van der Waals surface area contributed by atoms with Gasteiger partial charge < -0.3 is 10.1 Å². The summed E-state index contributed by atoms with van der Waals surface area (Å²) in [5.41, 5.74) is 1.50. The molecule has 0 heterocycles. The average molecular weight is 304 g/mol. The van der Waals surface area contributed by atoms with E-state index in [-0.39, 0.29) is 0 Å². The molecular formula is C18H28N2O2. The number of benzene rings is 1. The zero-order chi connectivity index (χ0) is 16.2. The fourth-order valence-electron chi connectivity index (χ4n) is 2.51. The van der Waals surface area contributed by atoms with E-state index in [4.69, 9.17) is 4.74 Å². The minimum Gasteiger partial charge on any atom is -0.444 e. The Hall–Kier alpha value is -1.55. The molecule has 1 amide bonds. The molecule has 1 aromatic carbocycles. The van der Waals surface area contributed by atoms with Crippen molar-refractivity contribution >= 4 is 11.8 Å². The minimum atomic E-state index is -0.481. The molecule has 0 bridgehead atoms. The highest BCUT2D eigenvalue weighted by Crippen LogP contribution is 2.29. The van der Waals surface area contributed by atoms with Gasteiger partial charge in [0, 0.05) is 18.3 Å². The van der Waals surface area contributed by atoms with E-state index in [9.17, 15) is 4.79 Å². The predicted octanol–water partition coefficient (Wildman–Crippen LogP) is 4.31. The third-order valence-corrected chi connectivity index (χ3v) is 4.08. The molecule has 4 nitrogen and oxygen atoms in total. The molecule has 1 unspecified atom stereocenters. The lowest BCUT2D eigenvalue weighted by Gasteiger charge is -2.32. The van der Waals surface area contributed by atoms with Gasteiger partial charge in [-0.25, -0.2) is 4.79 Å². The lowest BCUT2D eigenvalue weighted by atomic mass is 9.80. The van der Waals surface area contributed by atoms with Crippen molar-refractivity contribution in [1.29, 1.82) is 0 Å². The molecule has 2 N–H and O–H groups in total. The van der Waals surface area contributed by atoms with E-state index < -0.39 is 11.7 Å². The van der Waals surface area contributed by atoms with Gasteiger partial charge in [0.05, 0.1) is 0 Å². The van der Waals surface area contributed by atoms with Gasteiger partial charge in [-0.15, -0.1) is 0 Å². The highest BCUT2D eigenvalue weighted by molar-refractivity contribution is 5.84. The van der Waals surface area contributed by atoms with Gasteiger partial charge in [-0.1, -0.05) is 18.6 Å². The van der Waals surface area contributed by atoms with Gasteiger partial charge in [-0.2, -0.15) is 0 Å². The summed E-state index contributed by atoms with van der Waals surface area (Å²) in [4.78, 5) is 11.7. The van der Waals surface area contributed by atoms with E-state index in [1.807, 2.05) is 45.0 Å². The fourth-order valence-corrected chi connectivity index (χ4v) is 2.51. The quantitative estimate of drug-likeness (QED) is 0.852. The molecule has 1 atom stereocenters. The van der Waals surface area contributed by atoms with Crippen molar-refractivity contribution in [2.75, 3.05) is 5.32 Å². The van der Waals surface area contributed by atoms with Crippen molar-refractivity contribution in [3.05, 3.63) is 29.8 Å². The molecule has 1 aliphatic rings. The highest BCUT2D eigenvalue weighted by Gasteiger charge is 2.23. The Bertz CT molecular complexity index is 487. The molecule has 2 rings (SSSR count). The Balaban J connectivity index is 1.78. The van der Waals surface area contributed by atoms with E-state index in [0.717, 1.165) is 18.2 Å². The summed E-state index contributed by atoms with van der Waals surface area (Å²) in [5, 5.41) is 6.33. The third-order valence-electron chi connectivity index (χ3n) is 4.08. The number of amides is 1. The SMILES string of the molecule is CC(NCc1ccc(NC(=O)OC(C)(C)C)cc1)C1CCC1. The second-order valence-corrected chi connectivity index (χ2v) is 7.18. The average Bonchev–Trinajstić information content (AvgIpc) is 2.33. The van der Waals surface area contributed by atoms with Crippen molar-refractivity contribution < 1.29 is 9.53 Å². The summed E-state index contributed by atoms with van der Waals surface area (Å²) >= 11 is 0. The van der Waals surface area contributed by atoms with Crippen LogP contribution in [0.5, 0.6) is 0 Å². The topological polar surface area (TPSA) is 50.4 Å². The molecule has 1 fully saturated rings. The second kappa shape index (κ2) is 7.14. The maximum Gasteiger partial charge on any atom is 0.412 e. The van der Waals surface area contributed by atoms with Crippen LogP contribution in [0, 0.1) is 5.92 Å². The summed E-state index contributed by atoms with van der Waals surface area (Å²) in [6.45, 7) is 8.69. The Labute approximate surface area is 133 Å². The van der Waals surface area contributed by atoms with Crippen molar-refractivity contribution in [1.82, 2.24) is 5.32 Å². The Kier molecular flexibility index (Phi) is 5.46. The van der Waals surface area contributed by atoms with Gasteiger partial charge >= 0.3 is 6.09 Å². The molecule has 1 aromatic rings. The van der Waals surface area contributed by atoms with Gasteiger partial charge in [0.25, 0.3) is 0 Å². The molecule has 0 radical (unpaired) electrons. The van der Waals surface area contributed by atoms with E-state index in [2.05, 4.69) is 17.6 Å². The Morgan fingerprint density at radius 3 is 2.41 bits per heavy atom. The molecule has 0 spiro atoms. The van der Waals surface area contributed by atoms with Gasteiger partial charge in [-0.05, 0) is 64.2 Å². The molecule has 22 heavy (non-hydrogen) atoms. The molecule has 0 saturated heterocycles. The zero-order valence-corrected chi connectivity index (χ0v) is 14.1. The standard InChI is InChI=1S/C18H28N2O2/c1-13(15-6-5-7-15)19-12-14-8-10-16(11-9-14)20-17(21)22-18(2,3)4/h8-11,13,15,19H,5-7,12H2,1-4H3,(H,20,21). The summed E-state index contributed by atoms with van der Waals surface area (Å²) in [7, 11) is 0. The van der Waals surface area contributed by atoms with E-state index in [1.54, 1.807) is 0 Å². The van der Waals surface area contributed by atoms with Gasteiger partial charge in [0.1, 0.15) is 5.60 Å². The maximum absolute atomic E-state index is 11.7. The van der Waals surface area contributed by atoms with Gasteiger partial charge in [0.2, 0.25) is 0 Å². The monoisotopic (exact) mass is 304 g/mol. The zero-order valence-electron chi connectivity index (χ0n) is 14.1. The first kappa shape index (κ1) is 16.8. The number of carbonyl (C=O) groups is 1. The van der Waals surface area contributed by atoms with Crippen LogP contribution in [0.4, 0.5) is 10.5 Å². The number of rotatable bonds is 5. The second-order valence-electron chi connectivity index (χ2n) is 7.18. The van der Waals surface area contributed by atoms with Crippen molar-refractivity contribution in [3.63, 3.8) is 0 Å². The fraction of sp³-hybridized carbons (Fsp3) is 0.611. The highest BCUT2D eigenvalue weighted by atomic mass is 16.6. The number of ether oxygens (including phenoxy) is 1. The first-order chi connectivity index (χ1) is 10.3. The first-order valence-corrected chi connectivity index (χ1v) is 8.16. The van der Waals surface area contributed by atoms with E-state index in [1.165, 1.54) is 24.8 Å². The molecule has 0 aliphatic heterocycles. The third kappa shape index (κ3) is 5.34. The Morgan fingerprint density at radius 2 is 1.91 bits per heavy atom. The van der Waals surface area contributed by atoms with Gasteiger partial charge in [0.15, 0.2) is 0 Å². The van der Waals surface area contributed by atoms with E-state index >= 15 is 0 Å². The molecule has 122 valence electrons. The largest absolute Gasteiger partial charge is 0.444 e. The van der Waals surface area contributed by atoms with Crippen molar-refractivity contribution in [3.8, 4) is 0 Å². The van der Waals surface area contributed by atoms with E-state index in [0.29, 0.717) is 6.04 Å². The lowest BCUT2D eigenvalue weighted by Crippen LogP contribution is -2.36. The summed E-state index contributed by atoms with van der Waals surface area (Å²) in [5.74, 6) is 0.841. The van der Waals surface area contributed by atoms with Crippen LogP contribution < -0.4 is 10.6 Å². The molecular weight excluding hydrogens is 276 g/mol. The minimum absolute atomic E-state index is 0.419. The molecule has 4 heteroatoms. The molecule has 1 saturated carbocycles. The molecule has 1 aliphatic carbocycles. The van der Waals surface area contributed by atoms with Crippen LogP contribution in [0.25, 0.3) is 0 Å². The first-order valence-electron chi connectivity index (χ1n) is 8.16. The maximum atomic E-state index is 11.7. The van der Waals surface area contributed by atoms with Crippen LogP contribution in [0.3, 0.4) is 0 Å². The normalized spacial score (nSPS) is 16.7. The van der Waals surface area contributed by atoms with Crippen LogP contribution in [0.15, 0.2) is 24.3 Å². The Morgan fingerprint density at radius 1 is 1.27 bits per heavy atom. The number of hydrogen-bond acceptors (Lipinski definition) is 3. The van der Waals surface area contributed by atoms with Crippen LogP contribution in [0.2, 0.25) is 0 Å². The van der Waals surface area contributed by atoms with Crippen LogP contribution >= 0.6 is 0 Å². The predicted molar refractivity (Wildman–Crippen MR) is 89.9 cm³/mol. The number of hydrogen-bond donors (Lipinski definition) is 2. The lowest BCUT2D eigenvalue weighted by molar-refractivity contribution is 0.0636. The summed E-state index contributed by atoms with van der Waals surface area (Å²) in [6.07, 6.45) is 3.67. The number of nitrogens with one attached hydrogen (secondary N) is 2. The smallest absolute Gasteiger partial charge is 0.412 e. The van der Waals surface area contributed by atoms with Gasteiger partial charge in [-0.3, -0.25) is 5.32 Å². The summed E-state index contributed by atoms with van der Waals surface area (Å²) in [6, 6.07) is 8.47. The van der Waals surface area contributed by atoms with Crippen LogP contribution in [-0.4, -0.2) is 17.7 Å². The van der Waals surface area contributed by atoms with Crippen molar-refractivity contribution in [2.45, 2.75) is 65.1 Å². The number of carbonyl (C=O) groups excluding carboxylic acids is 1. The molecule has 0 aromatic heterocycles. The summed E-state index contributed by atoms with van der Waals surface area (Å²) < 4.78 is 5.23. The number of anilines is 1. The van der Waals surface area contributed by atoms with Crippen molar-refractivity contribution in [2.24, 2.45) is 5.92 Å². The van der Waals surface area contributed by atoms with Crippen LogP contribution in [0.1, 0.15) is 52.5 Å². The van der Waals surface area contributed by atoms with Crippen LogP contribution in [-0.2, 0) is 11.3 Å².